The number of hydrogen-bond donors (Lipinski definition) is 0. The number of carbonyl (C=O) groups is 1. The Kier molecular flexibility index (Phi) is 4.79. The first-order valence-corrected chi connectivity index (χ1v) is 10.5. The predicted octanol–water partition coefficient (Wildman–Crippen LogP) is 3.03. The van der Waals surface area contributed by atoms with E-state index in [2.05, 4.69) is 34.3 Å². The summed E-state index contributed by atoms with van der Waals surface area (Å²) >= 11 is 0. The molecule has 1 saturated carbocycles. The monoisotopic (exact) mass is 390 g/mol. The molecular weight excluding hydrogens is 364 g/mol. The molecule has 0 saturated heterocycles. The van der Waals surface area contributed by atoms with Crippen molar-refractivity contribution in [2.45, 2.75) is 38.0 Å². The molecule has 1 aliphatic carbocycles. The number of fused-ring (bicyclic) bond motifs is 3. The number of imidazole rings is 1. The molecule has 3 aliphatic rings. The van der Waals surface area contributed by atoms with Crippen molar-refractivity contribution in [1.29, 1.82) is 0 Å². The molecule has 6 nitrogen and oxygen atoms in total. The topological polar surface area (TPSA) is 59.7 Å². The van der Waals surface area contributed by atoms with Gasteiger partial charge in [-0.05, 0) is 36.3 Å². The Morgan fingerprint density at radius 3 is 2.97 bits per heavy atom. The first kappa shape index (κ1) is 18.3. The fourth-order valence-corrected chi connectivity index (χ4v) is 4.51. The van der Waals surface area contributed by atoms with Gasteiger partial charge in [-0.2, -0.15) is 0 Å². The highest BCUT2D eigenvalue weighted by Crippen LogP contribution is 2.42. The second-order valence-electron chi connectivity index (χ2n) is 8.02. The van der Waals surface area contributed by atoms with Crippen molar-refractivity contribution in [3.8, 4) is 0 Å². The van der Waals surface area contributed by atoms with Crippen LogP contribution in [0.5, 0.6) is 0 Å². The molecule has 5 rings (SSSR count). The third-order valence-electron chi connectivity index (χ3n) is 6.32. The van der Waals surface area contributed by atoms with Crippen LogP contribution in [0.3, 0.4) is 0 Å². The summed E-state index contributed by atoms with van der Waals surface area (Å²) < 4.78 is 7.06. The highest BCUT2D eigenvalue weighted by Gasteiger charge is 2.31. The molecule has 1 amide bonds. The zero-order valence-electron chi connectivity index (χ0n) is 16.8. The second kappa shape index (κ2) is 7.59. The van der Waals surface area contributed by atoms with Gasteiger partial charge in [-0.15, -0.1) is 0 Å². The van der Waals surface area contributed by atoms with E-state index < -0.39 is 0 Å². The maximum Gasteiger partial charge on any atom is 0.248 e. The molecule has 3 heterocycles. The highest BCUT2D eigenvalue weighted by molar-refractivity contribution is 6.06. The third kappa shape index (κ3) is 3.31. The van der Waals surface area contributed by atoms with Gasteiger partial charge in [-0.1, -0.05) is 24.6 Å². The Bertz CT molecular complexity index is 1000. The van der Waals surface area contributed by atoms with Crippen LogP contribution in [0.1, 0.15) is 47.6 Å². The van der Waals surface area contributed by atoms with Gasteiger partial charge < -0.3 is 9.64 Å². The van der Waals surface area contributed by atoms with E-state index in [0.717, 1.165) is 36.6 Å². The van der Waals surface area contributed by atoms with Gasteiger partial charge in [0.2, 0.25) is 5.91 Å². The summed E-state index contributed by atoms with van der Waals surface area (Å²) in [6, 6.07) is 6.58. The summed E-state index contributed by atoms with van der Waals surface area (Å²) in [6.07, 6.45) is 11.4. The largest absolute Gasteiger partial charge is 0.384 e. The van der Waals surface area contributed by atoms with Crippen LogP contribution in [0.2, 0.25) is 0 Å². The Morgan fingerprint density at radius 1 is 1.28 bits per heavy atom. The first-order valence-electron chi connectivity index (χ1n) is 10.5. The van der Waals surface area contributed by atoms with Crippen LogP contribution >= 0.6 is 0 Å². The van der Waals surface area contributed by atoms with E-state index in [1.165, 1.54) is 36.0 Å². The molecule has 0 spiro atoms. The molecular formula is C23H26N4O2. The van der Waals surface area contributed by atoms with Gasteiger partial charge in [0, 0.05) is 37.9 Å². The molecule has 150 valence electrons. The number of allylic oxidation sites excluding steroid dienone is 1. The number of aliphatic imine (C=N–C) groups is 1. The molecule has 0 unspecified atom stereocenters. The molecule has 2 aromatic rings. The number of methoxy groups -OCH3 is 1. The van der Waals surface area contributed by atoms with Crippen molar-refractivity contribution in [3.05, 3.63) is 59.2 Å². The van der Waals surface area contributed by atoms with Crippen molar-refractivity contribution in [2.24, 2.45) is 4.99 Å². The maximum absolute atomic E-state index is 12.8. The predicted molar refractivity (Wildman–Crippen MR) is 112 cm³/mol. The molecule has 0 bridgehead atoms. The van der Waals surface area contributed by atoms with Crippen molar-refractivity contribution < 1.29 is 9.53 Å². The van der Waals surface area contributed by atoms with Crippen molar-refractivity contribution in [2.75, 3.05) is 26.8 Å². The van der Waals surface area contributed by atoms with Crippen LogP contribution in [0.4, 0.5) is 0 Å². The van der Waals surface area contributed by atoms with Crippen LogP contribution in [0.25, 0.3) is 5.70 Å². The number of carbonyl (C=O) groups excluding carboxylic acids is 1. The lowest BCUT2D eigenvalue weighted by Crippen LogP contribution is -2.36. The molecule has 2 aliphatic heterocycles. The average molecular weight is 390 g/mol. The van der Waals surface area contributed by atoms with Gasteiger partial charge >= 0.3 is 0 Å². The van der Waals surface area contributed by atoms with E-state index in [4.69, 9.17) is 4.74 Å². The number of aromatic nitrogens is 2. The minimum Gasteiger partial charge on any atom is -0.384 e. The van der Waals surface area contributed by atoms with Gasteiger partial charge in [-0.25, -0.2) is 4.98 Å². The quantitative estimate of drug-likeness (QED) is 0.806. The zero-order valence-corrected chi connectivity index (χ0v) is 16.8. The summed E-state index contributed by atoms with van der Waals surface area (Å²) in [7, 11) is 1.69. The fourth-order valence-electron chi connectivity index (χ4n) is 4.51. The first-order chi connectivity index (χ1) is 14.2. The normalized spacial score (nSPS) is 19.1. The van der Waals surface area contributed by atoms with E-state index >= 15 is 0 Å². The standard InChI is InChI=1S/C23H26N4O2/c1-29-11-9-17-14-26(15-25-17)22-12-21-20-7-3-6-18(16-4-2-5-16)19(20)8-10-27(21)23(28)13-24-22/h3,6-7,12,14-16H,2,4-5,8-11,13H2,1H3. The molecule has 1 aromatic carbocycles. The van der Waals surface area contributed by atoms with Gasteiger partial charge in [0.05, 0.1) is 18.0 Å². The van der Waals surface area contributed by atoms with Crippen molar-refractivity contribution >= 4 is 17.4 Å². The Hall–Kier alpha value is -2.73. The zero-order chi connectivity index (χ0) is 19.8. The summed E-state index contributed by atoms with van der Waals surface area (Å²) in [5.74, 6) is 1.50. The molecule has 0 N–H and O–H groups in total. The molecule has 1 aromatic heterocycles. The Balaban J connectivity index is 1.54. The molecule has 6 heteroatoms. The van der Waals surface area contributed by atoms with Crippen LogP contribution < -0.4 is 0 Å². The molecule has 0 radical (unpaired) electrons. The van der Waals surface area contributed by atoms with Crippen LogP contribution in [-0.4, -0.2) is 53.0 Å². The highest BCUT2D eigenvalue weighted by atomic mass is 16.5. The number of ether oxygens (including phenoxy) is 1. The number of amides is 1. The summed E-state index contributed by atoms with van der Waals surface area (Å²) in [5.41, 5.74) is 6.01. The smallest absolute Gasteiger partial charge is 0.248 e. The lowest BCUT2D eigenvalue weighted by atomic mass is 9.76. The van der Waals surface area contributed by atoms with Crippen LogP contribution in [0.15, 0.2) is 41.8 Å². The van der Waals surface area contributed by atoms with E-state index in [1.54, 1.807) is 13.4 Å². The van der Waals surface area contributed by atoms with Crippen molar-refractivity contribution in [3.63, 3.8) is 0 Å². The number of benzene rings is 1. The number of nitrogens with zero attached hydrogens (tertiary/aromatic N) is 4. The summed E-state index contributed by atoms with van der Waals surface area (Å²) in [5, 5.41) is 0. The summed E-state index contributed by atoms with van der Waals surface area (Å²) in [4.78, 5) is 23.8. The van der Waals surface area contributed by atoms with Gasteiger partial charge in [0.1, 0.15) is 18.7 Å². The summed E-state index contributed by atoms with van der Waals surface area (Å²) in [6.45, 7) is 1.53. The number of rotatable bonds is 4. The molecule has 0 atom stereocenters. The van der Waals surface area contributed by atoms with Crippen LogP contribution in [-0.2, 0) is 22.4 Å². The fraction of sp³-hybridized carbons (Fsp3) is 0.435. The Morgan fingerprint density at radius 2 is 2.17 bits per heavy atom. The maximum atomic E-state index is 12.8. The third-order valence-corrected chi connectivity index (χ3v) is 6.32. The van der Waals surface area contributed by atoms with Crippen molar-refractivity contribution in [1.82, 2.24) is 14.5 Å². The van der Waals surface area contributed by atoms with E-state index in [9.17, 15) is 4.79 Å². The number of hydrogen-bond acceptors (Lipinski definition) is 4. The van der Waals surface area contributed by atoms with E-state index in [-0.39, 0.29) is 12.5 Å². The lowest BCUT2D eigenvalue weighted by molar-refractivity contribution is -0.126. The van der Waals surface area contributed by atoms with E-state index in [0.29, 0.717) is 12.5 Å². The van der Waals surface area contributed by atoms with Gasteiger partial charge in [-0.3, -0.25) is 14.4 Å². The van der Waals surface area contributed by atoms with E-state index in [1.807, 2.05) is 15.7 Å². The van der Waals surface area contributed by atoms with Crippen LogP contribution in [0, 0.1) is 0 Å². The minimum absolute atomic E-state index is 0.0608. The lowest BCUT2D eigenvalue weighted by Gasteiger charge is -2.35. The second-order valence-corrected chi connectivity index (χ2v) is 8.02. The van der Waals surface area contributed by atoms with Gasteiger partial charge in [0.15, 0.2) is 0 Å². The SMILES string of the molecule is COCCc1cn(C2=NCC(=O)N3CCc4c(cccc4C4CCC4)C3=C2)cn1. The van der Waals surface area contributed by atoms with Gasteiger partial charge in [0.25, 0.3) is 0 Å². The molecule has 29 heavy (non-hydrogen) atoms. The Labute approximate surface area is 170 Å². The minimum atomic E-state index is 0.0608. The average Bonchev–Trinajstić information content (AvgIpc) is 3.10. The molecule has 1 fully saturated rings.